The summed E-state index contributed by atoms with van der Waals surface area (Å²) in [6.45, 7) is 2.88. The number of carboxylic acids is 1. The number of H-pyrrole nitrogens is 1. The minimum absolute atomic E-state index is 0.0313. The van der Waals surface area contributed by atoms with Crippen molar-refractivity contribution in [3.63, 3.8) is 0 Å². The van der Waals surface area contributed by atoms with Gasteiger partial charge in [0.25, 0.3) is 0 Å². The number of carboxylic acid groups (broad SMARTS) is 1. The van der Waals surface area contributed by atoms with Gasteiger partial charge in [0, 0.05) is 41.1 Å². The van der Waals surface area contributed by atoms with Crippen molar-refractivity contribution in [2.24, 2.45) is 5.92 Å². The second-order valence-electron chi connectivity index (χ2n) is 11.4. The number of nitrogens with one attached hydrogen (secondary N) is 1. The number of carbonyl (C=O) groups excluding carboxylic acids is 2. The van der Waals surface area contributed by atoms with Gasteiger partial charge < -0.3 is 15.0 Å². The van der Waals surface area contributed by atoms with Crippen LogP contribution in [0.25, 0.3) is 10.9 Å². The molecule has 1 saturated heterocycles. The number of hydrogen-bond acceptors (Lipinski definition) is 5. The second kappa shape index (κ2) is 13.8. The summed E-state index contributed by atoms with van der Waals surface area (Å²) >= 11 is 7.46. The van der Waals surface area contributed by atoms with Crippen molar-refractivity contribution in [2.75, 3.05) is 18.0 Å². The van der Waals surface area contributed by atoms with Gasteiger partial charge in [-0.2, -0.15) is 0 Å². The SMILES string of the molecule is C[C@H](C(=O)N1CCC(C(c2ccccc2)c2ccccc2)CC1)N(C=O)c1[nH]c2ccc(Cl)cc2c1Sc1ncccc1C(=O)O. The number of anilines is 1. The largest absolute Gasteiger partial charge is 0.478 e. The van der Waals surface area contributed by atoms with E-state index in [1.54, 1.807) is 31.2 Å². The molecule has 1 aliphatic heterocycles. The Bertz CT molecular complexity index is 1820. The quantitative estimate of drug-likeness (QED) is 0.151. The lowest BCUT2D eigenvalue weighted by atomic mass is 9.76. The molecule has 6 rings (SSSR count). The summed E-state index contributed by atoms with van der Waals surface area (Å²) < 4.78 is 0. The van der Waals surface area contributed by atoms with Gasteiger partial charge in [0.1, 0.15) is 16.9 Å². The fraction of sp³-hybridized carbons (Fsp3) is 0.222. The molecule has 0 radical (unpaired) electrons. The molecule has 0 bridgehead atoms. The van der Waals surface area contributed by atoms with Crippen molar-refractivity contribution in [1.29, 1.82) is 0 Å². The fourth-order valence-corrected chi connectivity index (χ4v) is 7.65. The molecule has 46 heavy (non-hydrogen) atoms. The highest BCUT2D eigenvalue weighted by atomic mass is 35.5. The minimum atomic E-state index is -1.11. The third kappa shape index (κ3) is 6.38. The van der Waals surface area contributed by atoms with Crippen molar-refractivity contribution in [3.05, 3.63) is 119 Å². The van der Waals surface area contributed by atoms with Gasteiger partial charge >= 0.3 is 5.97 Å². The number of aromatic carboxylic acids is 1. The zero-order valence-electron chi connectivity index (χ0n) is 25.2. The normalized spacial score (nSPS) is 14.4. The summed E-state index contributed by atoms with van der Waals surface area (Å²) in [4.78, 5) is 50.0. The first-order chi connectivity index (χ1) is 22.4. The fourth-order valence-electron chi connectivity index (χ4n) is 6.37. The Kier molecular flexibility index (Phi) is 9.42. The van der Waals surface area contributed by atoms with E-state index in [9.17, 15) is 19.5 Å². The van der Waals surface area contributed by atoms with Gasteiger partial charge in [0.2, 0.25) is 12.3 Å². The second-order valence-corrected chi connectivity index (χ2v) is 12.8. The maximum Gasteiger partial charge on any atom is 0.338 e. The number of likely N-dealkylation sites (tertiary alicyclic amines) is 1. The van der Waals surface area contributed by atoms with E-state index in [2.05, 4.69) is 58.5 Å². The van der Waals surface area contributed by atoms with E-state index < -0.39 is 12.0 Å². The Morgan fingerprint density at radius 3 is 2.26 bits per heavy atom. The lowest BCUT2D eigenvalue weighted by Crippen LogP contribution is -2.50. The van der Waals surface area contributed by atoms with E-state index in [4.69, 9.17) is 11.6 Å². The number of aromatic nitrogens is 2. The lowest BCUT2D eigenvalue weighted by molar-refractivity contribution is -0.134. The van der Waals surface area contributed by atoms with Gasteiger partial charge in [0.05, 0.1) is 10.5 Å². The molecule has 5 aromatic rings. The number of fused-ring (bicyclic) bond motifs is 1. The van der Waals surface area contributed by atoms with Crippen LogP contribution in [0.4, 0.5) is 5.82 Å². The van der Waals surface area contributed by atoms with Crippen LogP contribution in [0, 0.1) is 5.92 Å². The van der Waals surface area contributed by atoms with Crippen LogP contribution in [0.5, 0.6) is 0 Å². The molecule has 3 heterocycles. The van der Waals surface area contributed by atoms with Gasteiger partial charge in [-0.05, 0) is 67.1 Å². The summed E-state index contributed by atoms with van der Waals surface area (Å²) in [6, 6.07) is 28.5. The number of amides is 2. The summed E-state index contributed by atoms with van der Waals surface area (Å²) in [6.07, 6.45) is 3.82. The van der Waals surface area contributed by atoms with Gasteiger partial charge in [-0.25, -0.2) is 9.78 Å². The van der Waals surface area contributed by atoms with E-state index in [1.165, 1.54) is 28.3 Å². The molecule has 2 amide bonds. The molecule has 0 aliphatic carbocycles. The Hall–Kier alpha value is -4.60. The van der Waals surface area contributed by atoms with E-state index in [0.29, 0.717) is 52.1 Å². The molecule has 3 aromatic carbocycles. The van der Waals surface area contributed by atoms with E-state index in [-0.39, 0.29) is 22.4 Å². The summed E-state index contributed by atoms with van der Waals surface area (Å²) in [5, 5.41) is 11.2. The molecular formula is C36H33ClN4O4S. The van der Waals surface area contributed by atoms with E-state index >= 15 is 0 Å². The number of rotatable bonds is 10. The van der Waals surface area contributed by atoms with Crippen LogP contribution in [0.15, 0.2) is 107 Å². The maximum absolute atomic E-state index is 14.0. The average molecular weight is 653 g/mol. The van der Waals surface area contributed by atoms with Crippen molar-refractivity contribution in [2.45, 2.75) is 41.6 Å². The zero-order chi connectivity index (χ0) is 32.2. The minimum Gasteiger partial charge on any atom is -0.478 e. The smallest absolute Gasteiger partial charge is 0.338 e. The number of nitrogens with zero attached hydrogens (tertiary/aromatic N) is 3. The topological polar surface area (TPSA) is 107 Å². The molecule has 0 saturated carbocycles. The number of carbonyl (C=O) groups is 3. The molecule has 234 valence electrons. The Balaban J connectivity index is 1.25. The first-order valence-electron chi connectivity index (χ1n) is 15.2. The number of halogens is 1. The molecule has 2 aromatic heterocycles. The van der Waals surface area contributed by atoms with Crippen LogP contribution in [0.2, 0.25) is 5.02 Å². The third-order valence-electron chi connectivity index (χ3n) is 8.68. The summed E-state index contributed by atoms with van der Waals surface area (Å²) in [5.41, 5.74) is 3.25. The predicted molar refractivity (Wildman–Crippen MR) is 181 cm³/mol. The van der Waals surface area contributed by atoms with Crippen LogP contribution in [0.1, 0.15) is 47.2 Å². The predicted octanol–water partition coefficient (Wildman–Crippen LogP) is 7.49. The van der Waals surface area contributed by atoms with Crippen molar-refractivity contribution in [3.8, 4) is 0 Å². The lowest BCUT2D eigenvalue weighted by Gasteiger charge is -2.38. The number of piperidine rings is 1. The Morgan fingerprint density at radius 2 is 1.65 bits per heavy atom. The number of benzene rings is 3. The highest BCUT2D eigenvalue weighted by Gasteiger charge is 2.35. The number of pyridine rings is 1. The molecule has 0 spiro atoms. The molecular weight excluding hydrogens is 620 g/mol. The third-order valence-corrected chi connectivity index (χ3v) is 10.1. The van der Waals surface area contributed by atoms with Crippen molar-refractivity contribution < 1.29 is 19.5 Å². The molecule has 0 unspecified atom stereocenters. The van der Waals surface area contributed by atoms with Gasteiger partial charge in [-0.1, -0.05) is 84.0 Å². The van der Waals surface area contributed by atoms with Gasteiger partial charge in [-0.15, -0.1) is 0 Å². The van der Waals surface area contributed by atoms with Crippen LogP contribution in [-0.4, -0.2) is 57.4 Å². The average Bonchev–Trinajstić information content (AvgIpc) is 3.42. The van der Waals surface area contributed by atoms with Crippen molar-refractivity contribution >= 4 is 58.4 Å². The molecule has 10 heteroatoms. The first kappa shape index (κ1) is 31.4. The van der Waals surface area contributed by atoms with E-state index in [0.717, 1.165) is 24.6 Å². The molecule has 1 aliphatic rings. The number of hydrogen-bond donors (Lipinski definition) is 2. The van der Waals surface area contributed by atoms with E-state index in [1.807, 2.05) is 17.0 Å². The van der Waals surface area contributed by atoms with Gasteiger partial charge in [0.15, 0.2) is 0 Å². The first-order valence-corrected chi connectivity index (χ1v) is 16.3. The van der Waals surface area contributed by atoms with Crippen LogP contribution in [0.3, 0.4) is 0 Å². The van der Waals surface area contributed by atoms with Crippen LogP contribution < -0.4 is 4.90 Å². The molecule has 8 nitrogen and oxygen atoms in total. The molecule has 1 fully saturated rings. The molecule has 1 atom stereocenters. The zero-order valence-corrected chi connectivity index (χ0v) is 26.7. The monoisotopic (exact) mass is 652 g/mol. The Morgan fingerprint density at radius 1 is 1.00 bits per heavy atom. The number of aromatic amines is 1. The molecule has 2 N–H and O–H groups in total. The van der Waals surface area contributed by atoms with Gasteiger partial charge in [-0.3, -0.25) is 14.5 Å². The highest BCUT2D eigenvalue weighted by molar-refractivity contribution is 7.99. The summed E-state index contributed by atoms with van der Waals surface area (Å²) in [5.74, 6) is -0.310. The van der Waals surface area contributed by atoms with Crippen LogP contribution in [-0.2, 0) is 9.59 Å². The maximum atomic E-state index is 14.0. The van der Waals surface area contributed by atoms with Crippen LogP contribution >= 0.6 is 23.4 Å². The highest BCUT2D eigenvalue weighted by Crippen LogP contribution is 2.43. The standard InChI is InChI=1S/C36H33ClN4O4S/c1-23(35(43)40-19-16-26(17-20-40)31(24-9-4-2-5-10-24)25-11-6-3-7-12-25)41(22-42)33-32(29-21-27(37)14-15-30(29)39-33)46-34-28(36(44)45)13-8-18-38-34/h2-15,18,21-23,26,31,39H,16-17,19-20H2,1H3,(H,44,45)/t23-/m1/s1. The Labute approximate surface area is 276 Å². The van der Waals surface area contributed by atoms with Crippen molar-refractivity contribution in [1.82, 2.24) is 14.9 Å². The summed E-state index contributed by atoms with van der Waals surface area (Å²) in [7, 11) is 0.